The standard InChI is InChI=1S/C26H27N3O6S.C26H28N2O5S/c30-21(24(32)17-3-1-16(2-4-17)13-28-9-11-35-12-10-28)6-7-22-18-14-29(26(34)19(18)15-36-22)20-5-8-23(31)27-25(20)33;1-14-11-15(5-6-18(14)26(2,3)4)23(31)20(29)8-9-21-16-12-28(25(33)17(16)13-34-21)19-7-10-22(30)27-24(19)32/h1-4,15,20H,5-14H2,(H,27,31,33);5-6,11,13,19H,7-10,12H2,1-4H3,(H,27,30,32). The van der Waals surface area contributed by atoms with Crippen LogP contribution in [0.4, 0.5) is 0 Å². The molecule has 0 aliphatic carbocycles. The number of rotatable bonds is 14. The number of hydrogen-bond donors (Lipinski definition) is 2. The molecule has 366 valence electrons. The normalized spacial score (nSPS) is 19.3. The third kappa shape index (κ3) is 10.8. The van der Waals surface area contributed by atoms with Crippen molar-refractivity contribution in [1.29, 1.82) is 0 Å². The van der Waals surface area contributed by atoms with Gasteiger partial charge in [0.1, 0.15) is 12.1 Å². The van der Waals surface area contributed by atoms with Crippen molar-refractivity contribution < 1.29 is 52.7 Å². The second-order valence-electron chi connectivity index (χ2n) is 19.3. The quantitative estimate of drug-likeness (QED) is 0.0945. The van der Waals surface area contributed by atoms with Gasteiger partial charge >= 0.3 is 0 Å². The van der Waals surface area contributed by atoms with Gasteiger partial charge in [0, 0.05) is 90.0 Å². The van der Waals surface area contributed by atoms with Gasteiger partial charge in [-0.25, -0.2) is 0 Å². The Hall–Kier alpha value is -6.34. The number of amides is 6. The molecule has 70 heavy (non-hydrogen) atoms. The summed E-state index contributed by atoms with van der Waals surface area (Å²) in [5.74, 6) is -3.96. The lowest BCUT2D eigenvalue weighted by molar-refractivity contribution is -0.138. The number of carbonyl (C=O) groups excluding carboxylic acids is 10. The van der Waals surface area contributed by atoms with Crippen molar-refractivity contribution in [3.8, 4) is 0 Å². The molecule has 2 N–H and O–H groups in total. The van der Waals surface area contributed by atoms with Crippen molar-refractivity contribution in [3.05, 3.63) is 113 Å². The van der Waals surface area contributed by atoms with Gasteiger partial charge in [0.25, 0.3) is 11.8 Å². The van der Waals surface area contributed by atoms with E-state index in [1.807, 2.05) is 25.1 Å². The molecule has 7 heterocycles. The maximum Gasteiger partial charge on any atom is 0.256 e. The molecule has 5 aliphatic heterocycles. The maximum atomic E-state index is 12.9. The number of imide groups is 2. The minimum absolute atomic E-state index is 0.0473. The number of carbonyl (C=O) groups is 10. The molecule has 5 aliphatic rings. The predicted molar refractivity (Wildman–Crippen MR) is 258 cm³/mol. The van der Waals surface area contributed by atoms with Gasteiger partial charge in [0.15, 0.2) is 0 Å². The van der Waals surface area contributed by atoms with Crippen molar-refractivity contribution in [1.82, 2.24) is 25.3 Å². The van der Waals surface area contributed by atoms with Gasteiger partial charge in [-0.3, -0.25) is 63.5 Å². The SMILES string of the molecule is Cc1cc(C(=O)C(=O)CCc2scc3c2CN(C2CCC(=O)NC2=O)C3=O)ccc1C(C)(C)C.O=C1CCC(N2Cc3c(csc3CCC(=O)C(=O)c3ccc(CN4CCOCC4)cc3)C2=O)C(=O)N1. The lowest BCUT2D eigenvalue weighted by atomic mass is 9.83. The molecule has 0 saturated carbocycles. The summed E-state index contributed by atoms with van der Waals surface area (Å²) in [6.07, 6.45) is 1.83. The number of fused-ring (bicyclic) bond motifs is 2. The number of nitrogens with zero attached hydrogens (tertiary/aromatic N) is 3. The molecule has 6 amide bonds. The highest BCUT2D eigenvalue weighted by molar-refractivity contribution is 7.10. The number of thiophene rings is 2. The molecule has 18 heteroatoms. The third-order valence-electron chi connectivity index (χ3n) is 13.5. The first kappa shape index (κ1) is 50.1. The maximum absolute atomic E-state index is 12.9. The fourth-order valence-electron chi connectivity index (χ4n) is 9.66. The summed E-state index contributed by atoms with van der Waals surface area (Å²) in [4.78, 5) is 131. The number of piperidine rings is 2. The van der Waals surface area contributed by atoms with E-state index in [4.69, 9.17) is 4.74 Å². The van der Waals surface area contributed by atoms with Gasteiger partial charge in [-0.05, 0) is 71.9 Å². The summed E-state index contributed by atoms with van der Waals surface area (Å²) in [6.45, 7) is 12.8. The Bertz CT molecular complexity index is 2810. The highest BCUT2D eigenvalue weighted by Crippen LogP contribution is 2.36. The zero-order valence-corrected chi connectivity index (χ0v) is 41.2. The Kier molecular flexibility index (Phi) is 15.0. The number of Topliss-reactive ketones (excluding diaryl/α,β-unsaturated/α-hetero) is 4. The first-order valence-corrected chi connectivity index (χ1v) is 25.3. The largest absolute Gasteiger partial charge is 0.379 e. The minimum atomic E-state index is -0.671. The molecule has 3 fully saturated rings. The Balaban J connectivity index is 0.000000189. The number of aryl methyl sites for hydroxylation is 3. The van der Waals surface area contributed by atoms with E-state index in [9.17, 15) is 47.9 Å². The molecule has 9 rings (SSSR count). The number of ether oxygens (including phenoxy) is 1. The molecule has 2 unspecified atom stereocenters. The number of benzene rings is 2. The van der Waals surface area contributed by atoms with Gasteiger partial charge < -0.3 is 14.5 Å². The van der Waals surface area contributed by atoms with Crippen LogP contribution in [-0.2, 0) is 71.4 Å². The topological polar surface area (TPSA) is 214 Å². The van der Waals surface area contributed by atoms with E-state index in [1.165, 1.54) is 32.5 Å². The van der Waals surface area contributed by atoms with Crippen LogP contribution in [0.5, 0.6) is 0 Å². The van der Waals surface area contributed by atoms with E-state index < -0.39 is 47.0 Å². The van der Waals surface area contributed by atoms with Gasteiger partial charge in [-0.15, -0.1) is 22.7 Å². The zero-order chi connectivity index (χ0) is 50.0. The second-order valence-corrected chi connectivity index (χ2v) is 21.2. The molecule has 2 aromatic carbocycles. The van der Waals surface area contributed by atoms with E-state index in [0.717, 1.165) is 70.4 Å². The van der Waals surface area contributed by atoms with Crippen molar-refractivity contribution in [2.75, 3.05) is 26.3 Å². The van der Waals surface area contributed by atoms with Crippen LogP contribution in [0.3, 0.4) is 0 Å². The summed E-state index contributed by atoms with van der Waals surface area (Å²) >= 11 is 2.79. The van der Waals surface area contributed by atoms with Crippen LogP contribution in [0.1, 0.15) is 138 Å². The van der Waals surface area contributed by atoms with Crippen molar-refractivity contribution in [3.63, 3.8) is 0 Å². The van der Waals surface area contributed by atoms with Crippen molar-refractivity contribution >= 4 is 81.2 Å². The van der Waals surface area contributed by atoms with Crippen molar-refractivity contribution in [2.24, 2.45) is 0 Å². The zero-order valence-electron chi connectivity index (χ0n) is 39.6. The number of morpholine rings is 1. The Morgan fingerprint density at radius 2 is 1.14 bits per heavy atom. The number of nitrogens with one attached hydrogen (secondary N) is 2. The third-order valence-corrected chi connectivity index (χ3v) is 15.6. The van der Waals surface area contributed by atoms with E-state index in [0.29, 0.717) is 47.9 Å². The summed E-state index contributed by atoms with van der Waals surface area (Å²) < 4.78 is 5.37. The van der Waals surface area contributed by atoms with Crippen molar-refractivity contribution in [2.45, 2.75) is 116 Å². The Morgan fingerprint density at radius 3 is 1.60 bits per heavy atom. The van der Waals surface area contributed by atoms with Gasteiger partial charge in [0.2, 0.25) is 46.8 Å². The van der Waals surface area contributed by atoms with Crippen LogP contribution in [0.25, 0.3) is 0 Å². The molecule has 4 aromatic rings. The highest BCUT2D eigenvalue weighted by Gasteiger charge is 2.42. The second kappa shape index (κ2) is 20.9. The van der Waals surface area contributed by atoms with Crippen LogP contribution < -0.4 is 10.6 Å². The average Bonchev–Trinajstić information content (AvgIpc) is 4.09. The van der Waals surface area contributed by atoms with Gasteiger partial charge in [-0.1, -0.05) is 57.2 Å². The molecule has 0 spiro atoms. The van der Waals surface area contributed by atoms with E-state index in [-0.39, 0.29) is 67.8 Å². The van der Waals surface area contributed by atoms with E-state index in [2.05, 4.69) is 36.3 Å². The average molecular weight is 990 g/mol. The molecule has 2 atom stereocenters. The lowest BCUT2D eigenvalue weighted by Crippen LogP contribution is -2.52. The van der Waals surface area contributed by atoms with Gasteiger partial charge in [0.05, 0.1) is 24.3 Å². The van der Waals surface area contributed by atoms with Gasteiger partial charge in [-0.2, -0.15) is 0 Å². The highest BCUT2D eigenvalue weighted by atomic mass is 32.1. The molecule has 0 bridgehead atoms. The Morgan fingerprint density at radius 1 is 0.671 bits per heavy atom. The van der Waals surface area contributed by atoms with Crippen LogP contribution in [0.2, 0.25) is 0 Å². The Labute approximate surface area is 413 Å². The summed E-state index contributed by atoms with van der Waals surface area (Å²) in [6, 6.07) is 11.2. The first-order valence-electron chi connectivity index (χ1n) is 23.5. The summed E-state index contributed by atoms with van der Waals surface area (Å²) in [7, 11) is 0. The minimum Gasteiger partial charge on any atom is -0.379 e. The molecule has 16 nitrogen and oxygen atoms in total. The predicted octanol–water partition coefficient (Wildman–Crippen LogP) is 5.23. The van der Waals surface area contributed by atoms with Crippen LogP contribution in [0.15, 0.2) is 53.2 Å². The fourth-order valence-corrected chi connectivity index (χ4v) is 11.7. The molecule has 2 aromatic heterocycles. The van der Waals surface area contributed by atoms with E-state index in [1.54, 1.807) is 35.0 Å². The van der Waals surface area contributed by atoms with Crippen LogP contribution >= 0.6 is 22.7 Å². The molecular formula is C52H55N5O11S2. The van der Waals surface area contributed by atoms with E-state index >= 15 is 0 Å². The smallest absolute Gasteiger partial charge is 0.256 e. The fraction of sp³-hybridized carbons (Fsp3) is 0.423. The lowest BCUT2D eigenvalue weighted by Gasteiger charge is -2.29. The first-order chi connectivity index (χ1) is 33.4. The molecule has 0 radical (unpaired) electrons. The van der Waals surface area contributed by atoms with Crippen LogP contribution in [0, 0.1) is 6.92 Å². The monoisotopic (exact) mass is 989 g/mol. The van der Waals surface area contributed by atoms with Crippen LogP contribution in [-0.4, -0.2) is 112 Å². The summed E-state index contributed by atoms with van der Waals surface area (Å²) in [5.41, 5.74) is 6.62. The molecule has 3 saturated heterocycles. The summed E-state index contributed by atoms with van der Waals surface area (Å²) in [5, 5.41) is 8.08. The molecular weight excluding hydrogens is 935 g/mol. The number of ketones is 4. The number of hydrogen-bond acceptors (Lipinski definition) is 14.